The number of amides is 1. The zero-order chi connectivity index (χ0) is 17.6. The number of carbonyl (C=O) groups excluding carboxylic acids is 2. The number of ether oxygens (including phenoxy) is 1. The topological polar surface area (TPSA) is 55.4 Å². The molecule has 0 unspecified atom stereocenters. The molecule has 0 fully saturated rings. The van der Waals surface area contributed by atoms with Crippen molar-refractivity contribution >= 4 is 28.7 Å². The maximum absolute atomic E-state index is 12.0. The molecule has 0 aliphatic heterocycles. The molecular weight excluding hydrogens is 334 g/mol. The normalized spacial score (nSPS) is 10.3. The van der Waals surface area contributed by atoms with Crippen molar-refractivity contribution in [1.82, 2.24) is 0 Å². The average Bonchev–Trinajstić information content (AvgIpc) is 3.09. The Balaban J connectivity index is 1.57. The van der Waals surface area contributed by atoms with Gasteiger partial charge in [0.15, 0.2) is 12.4 Å². The second-order valence-electron chi connectivity index (χ2n) is 5.45. The molecule has 4 nitrogen and oxygen atoms in total. The molecule has 2 aromatic carbocycles. The van der Waals surface area contributed by atoms with Crippen LogP contribution in [0.1, 0.15) is 16.6 Å². The van der Waals surface area contributed by atoms with E-state index < -0.39 is 0 Å². The Kier molecular flexibility index (Phi) is 5.26. The number of nitrogens with one attached hydrogen (secondary N) is 1. The lowest BCUT2D eigenvalue weighted by molar-refractivity contribution is -0.118. The fraction of sp³-hybridized carbons (Fsp3) is 0.100. The molecule has 126 valence electrons. The highest BCUT2D eigenvalue weighted by Gasteiger charge is 2.12. The van der Waals surface area contributed by atoms with Crippen molar-refractivity contribution in [3.63, 3.8) is 0 Å². The van der Waals surface area contributed by atoms with E-state index in [4.69, 9.17) is 4.74 Å². The molecule has 0 aliphatic carbocycles. The van der Waals surface area contributed by atoms with Crippen molar-refractivity contribution in [2.24, 2.45) is 0 Å². The zero-order valence-corrected chi connectivity index (χ0v) is 14.5. The van der Waals surface area contributed by atoms with Crippen LogP contribution in [0, 0.1) is 0 Å². The maximum atomic E-state index is 12.0. The van der Waals surface area contributed by atoms with Gasteiger partial charge in [0.25, 0.3) is 5.91 Å². The first-order valence-electron chi connectivity index (χ1n) is 7.80. The van der Waals surface area contributed by atoms with Gasteiger partial charge >= 0.3 is 0 Å². The number of hydrogen-bond donors (Lipinski definition) is 1. The first-order chi connectivity index (χ1) is 12.1. The third-order valence-electron chi connectivity index (χ3n) is 3.59. The molecule has 3 rings (SSSR count). The summed E-state index contributed by atoms with van der Waals surface area (Å²) in [6.07, 6.45) is 0. The number of thiophene rings is 1. The molecule has 1 heterocycles. The molecule has 1 aromatic heterocycles. The molecule has 1 amide bonds. The van der Waals surface area contributed by atoms with E-state index in [0.717, 1.165) is 11.1 Å². The van der Waals surface area contributed by atoms with Crippen LogP contribution in [0.5, 0.6) is 5.75 Å². The molecule has 0 saturated carbocycles. The SMILES string of the molecule is CC(=O)c1sccc1NC(=O)COc1ccc(-c2ccccc2)cc1. The standard InChI is InChI=1S/C20H17NO3S/c1-14(22)20-18(11-12-25-20)21-19(23)13-24-17-9-7-16(8-10-17)15-5-3-2-4-6-15/h2-12H,13H2,1H3,(H,21,23). The van der Waals surface area contributed by atoms with Gasteiger partial charge in [-0.3, -0.25) is 9.59 Å². The van der Waals surface area contributed by atoms with Gasteiger partial charge in [-0.15, -0.1) is 11.3 Å². The maximum Gasteiger partial charge on any atom is 0.262 e. The van der Waals surface area contributed by atoms with Crippen LogP contribution in [0.25, 0.3) is 11.1 Å². The van der Waals surface area contributed by atoms with E-state index in [2.05, 4.69) is 5.32 Å². The van der Waals surface area contributed by atoms with Gasteiger partial charge in [-0.1, -0.05) is 42.5 Å². The summed E-state index contributed by atoms with van der Waals surface area (Å²) in [6.45, 7) is 1.37. The number of rotatable bonds is 6. The minimum Gasteiger partial charge on any atom is -0.484 e. The molecule has 0 atom stereocenters. The van der Waals surface area contributed by atoms with Crippen molar-refractivity contribution in [2.45, 2.75) is 6.92 Å². The van der Waals surface area contributed by atoms with Crippen molar-refractivity contribution in [2.75, 3.05) is 11.9 Å². The van der Waals surface area contributed by atoms with Gasteiger partial charge in [-0.05, 0) is 34.7 Å². The van der Waals surface area contributed by atoms with Crippen LogP contribution in [-0.4, -0.2) is 18.3 Å². The largest absolute Gasteiger partial charge is 0.484 e. The average molecular weight is 351 g/mol. The molecule has 0 bridgehead atoms. The third-order valence-corrected chi connectivity index (χ3v) is 4.61. The minimum atomic E-state index is -0.298. The summed E-state index contributed by atoms with van der Waals surface area (Å²) in [4.78, 5) is 24.0. The van der Waals surface area contributed by atoms with Crippen LogP contribution in [0.3, 0.4) is 0 Å². The van der Waals surface area contributed by atoms with Gasteiger partial charge in [0, 0.05) is 6.92 Å². The lowest BCUT2D eigenvalue weighted by atomic mass is 10.1. The zero-order valence-electron chi connectivity index (χ0n) is 13.7. The lowest BCUT2D eigenvalue weighted by Gasteiger charge is -2.08. The van der Waals surface area contributed by atoms with Gasteiger partial charge in [0.2, 0.25) is 0 Å². The van der Waals surface area contributed by atoms with E-state index in [1.54, 1.807) is 11.4 Å². The summed E-state index contributed by atoms with van der Waals surface area (Å²) < 4.78 is 5.51. The fourth-order valence-electron chi connectivity index (χ4n) is 2.39. The molecule has 3 aromatic rings. The fourth-order valence-corrected chi connectivity index (χ4v) is 3.14. The third kappa shape index (κ3) is 4.33. The van der Waals surface area contributed by atoms with Gasteiger partial charge in [-0.25, -0.2) is 0 Å². The number of ketones is 1. The predicted octanol–water partition coefficient (Wildman–Crippen LogP) is 4.64. The van der Waals surface area contributed by atoms with Crippen LogP contribution >= 0.6 is 11.3 Å². The van der Waals surface area contributed by atoms with E-state index in [1.807, 2.05) is 54.6 Å². The smallest absolute Gasteiger partial charge is 0.262 e. The highest BCUT2D eigenvalue weighted by Crippen LogP contribution is 2.23. The summed E-state index contributed by atoms with van der Waals surface area (Å²) in [5.41, 5.74) is 2.74. The van der Waals surface area contributed by atoms with Crippen molar-refractivity contribution in [3.8, 4) is 16.9 Å². The lowest BCUT2D eigenvalue weighted by Crippen LogP contribution is -2.20. The van der Waals surface area contributed by atoms with Crippen molar-refractivity contribution < 1.29 is 14.3 Å². The summed E-state index contributed by atoms with van der Waals surface area (Å²) in [5, 5.41) is 4.48. The molecular formula is C20H17NO3S. The van der Waals surface area contributed by atoms with Crippen LogP contribution in [0.4, 0.5) is 5.69 Å². The Morgan fingerprint density at radius 1 is 0.960 bits per heavy atom. The molecule has 0 aliphatic rings. The summed E-state index contributed by atoms with van der Waals surface area (Å²) in [5.74, 6) is 0.252. The molecule has 0 spiro atoms. The quantitative estimate of drug-likeness (QED) is 0.659. The Labute approximate surface area is 150 Å². The highest BCUT2D eigenvalue weighted by atomic mass is 32.1. The predicted molar refractivity (Wildman–Crippen MR) is 100 cm³/mol. The van der Waals surface area contributed by atoms with Crippen molar-refractivity contribution in [1.29, 1.82) is 0 Å². The van der Waals surface area contributed by atoms with Gasteiger partial charge < -0.3 is 10.1 Å². The van der Waals surface area contributed by atoms with Crippen molar-refractivity contribution in [3.05, 3.63) is 70.9 Å². The first-order valence-corrected chi connectivity index (χ1v) is 8.68. The van der Waals surface area contributed by atoms with Crippen LogP contribution < -0.4 is 10.1 Å². The number of carbonyl (C=O) groups is 2. The van der Waals surface area contributed by atoms with Gasteiger partial charge in [-0.2, -0.15) is 0 Å². The van der Waals surface area contributed by atoms with E-state index in [-0.39, 0.29) is 18.3 Å². The second-order valence-corrected chi connectivity index (χ2v) is 6.36. The van der Waals surface area contributed by atoms with E-state index in [9.17, 15) is 9.59 Å². The Morgan fingerprint density at radius 2 is 1.64 bits per heavy atom. The number of hydrogen-bond acceptors (Lipinski definition) is 4. The minimum absolute atomic E-state index is 0.0669. The van der Waals surface area contributed by atoms with Gasteiger partial charge in [0.05, 0.1) is 10.6 Å². The van der Waals surface area contributed by atoms with E-state index >= 15 is 0 Å². The molecule has 25 heavy (non-hydrogen) atoms. The van der Waals surface area contributed by atoms with Gasteiger partial charge in [0.1, 0.15) is 5.75 Å². The molecule has 5 heteroatoms. The highest BCUT2D eigenvalue weighted by molar-refractivity contribution is 7.12. The van der Waals surface area contributed by atoms with Crippen LogP contribution in [0.2, 0.25) is 0 Å². The summed E-state index contributed by atoms with van der Waals surface area (Å²) in [7, 11) is 0. The molecule has 0 saturated heterocycles. The number of Topliss-reactive ketones (excluding diaryl/α,β-unsaturated/α-hetero) is 1. The second kappa shape index (κ2) is 7.77. The monoisotopic (exact) mass is 351 g/mol. The molecule has 0 radical (unpaired) electrons. The molecule has 1 N–H and O–H groups in total. The van der Waals surface area contributed by atoms with E-state index in [0.29, 0.717) is 16.3 Å². The Bertz CT molecular complexity index is 869. The Hall–Kier alpha value is -2.92. The Morgan fingerprint density at radius 3 is 2.32 bits per heavy atom. The first kappa shape index (κ1) is 16.9. The van der Waals surface area contributed by atoms with Crippen LogP contribution in [-0.2, 0) is 4.79 Å². The number of benzene rings is 2. The number of anilines is 1. The summed E-state index contributed by atoms with van der Waals surface area (Å²) in [6, 6.07) is 19.3. The van der Waals surface area contributed by atoms with Crippen LogP contribution in [0.15, 0.2) is 66.0 Å². The van der Waals surface area contributed by atoms with E-state index in [1.165, 1.54) is 18.3 Å². The summed E-state index contributed by atoms with van der Waals surface area (Å²) >= 11 is 1.31.